The molecule has 3 aromatic rings. The van der Waals surface area contributed by atoms with Gasteiger partial charge in [-0.1, -0.05) is 44.2 Å². The molecule has 3 aromatic carbocycles. The second-order valence-electron chi connectivity index (χ2n) is 10.1. The van der Waals surface area contributed by atoms with Gasteiger partial charge in [-0.25, -0.2) is 0 Å². The fraction of sp³-hybridized carbons (Fsp3) is 0.448. The summed E-state index contributed by atoms with van der Waals surface area (Å²) < 4.78 is 11.7. The van der Waals surface area contributed by atoms with Crippen molar-refractivity contribution in [3.05, 3.63) is 54.1 Å². The summed E-state index contributed by atoms with van der Waals surface area (Å²) >= 11 is 4.49. The van der Waals surface area contributed by atoms with E-state index in [4.69, 9.17) is 9.47 Å². The van der Waals surface area contributed by atoms with Crippen molar-refractivity contribution in [3.63, 3.8) is 0 Å². The molecule has 180 valence electrons. The van der Waals surface area contributed by atoms with Crippen LogP contribution >= 0.6 is 12.6 Å². The number of hydrogen-bond donors (Lipinski definition) is 1. The lowest BCUT2D eigenvalue weighted by atomic mass is 9.87. The summed E-state index contributed by atoms with van der Waals surface area (Å²) in [5.41, 5.74) is 0.219. The maximum atomic E-state index is 13.0. The van der Waals surface area contributed by atoms with Crippen LogP contribution in [0.15, 0.2) is 53.4 Å². The van der Waals surface area contributed by atoms with Crippen LogP contribution in [0.1, 0.15) is 65.4 Å². The number of benzene rings is 3. The van der Waals surface area contributed by atoms with E-state index in [1.807, 2.05) is 39.8 Å². The molecule has 0 aliphatic heterocycles. The van der Waals surface area contributed by atoms with Gasteiger partial charge in [0.15, 0.2) is 0 Å². The summed E-state index contributed by atoms with van der Waals surface area (Å²) in [6.45, 7) is 7.76. The van der Waals surface area contributed by atoms with Crippen molar-refractivity contribution in [3.8, 4) is 0 Å². The second kappa shape index (κ2) is 9.99. The standard InChI is InChI=1S/C29H34O4S/c1-5-18(2)27(30)32-23-12-8-20(9-13-23)28(31)33-29(3,4)22-11-15-25-21(16-22)7-6-19-10-14-24(34)17-26(19)25/h6-7,10-11,14-18,20,23,34H,5,8-9,12-13H2,1-4H3. The van der Waals surface area contributed by atoms with Gasteiger partial charge < -0.3 is 9.47 Å². The lowest BCUT2D eigenvalue weighted by Crippen LogP contribution is -2.34. The second-order valence-corrected chi connectivity index (χ2v) is 10.6. The molecule has 5 heteroatoms. The third-order valence-electron chi connectivity index (χ3n) is 7.18. The van der Waals surface area contributed by atoms with E-state index < -0.39 is 5.60 Å². The molecule has 1 aliphatic rings. The summed E-state index contributed by atoms with van der Waals surface area (Å²) in [5, 5.41) is 4.60. The number of carbonyl (C=O) groups is 2. The number of ether oxygens (including phenoxy) is 2. The van der Waals surface area contributed by atoms with Crippen LogP contribution in [0.4, 0.5) is 0 Å². The molecular formula is C29H34O4S. The van der Waals surface area contributed by atoms with E-state index in [0.717, 1.165) is 33.0 Å². The molecule has 0 amide bonds. The quantitative estimate of drug-likeness (QED) is 0.231. The highest BCUT2D eigenvalue weighted by atomic mass is 32.1. The van der Waals surface area contributed by atoms with Crippen molar-refractivity contribution in [2.24, 2.45) is 11.8 Å². The molecule has 0 bridgehead atoms. The van der Waals surface area contributed by atoms with Crippen molar-refractivity contribution in [1.82, 2.24) is 0 Å². The molecule has 0 spiro atoms. The molecule has 4 rings (SSSR count). The topological polar surface area (TPSA) is 52.6 Å². The zero-order chi connectivity index (χ0) is 24.5. The third-order valence-corrected chi connectivity index (χ3v) is 7.46. The summed E-state index contributed by atoms with van der Waals surface area (Å²) in [6.07, 6.45) is 3.46. The maximum absolute atomic E-state index is 13.0. The molecule has 0 radical (unpaired) electrons. The maximum Gasteiger partial charge on any atom is 0.309 e. The van der Waals surface area contributed by atoms with E-state index in [0.29, 0.717) is 25.7 Å². The Balaban J connectivity index is 1.43. The Morgan fingerprint density at radius 3 is 2.35 bits per heavy atom. The molecule has 0 heterocycles. The predicted octanol–water partition coefficient (Wildman–Crippen LogP) is 7.21. The summed E-state index contributed by atoms with van der Waals surface area (Å²) in [4.78, 5) is 26.0. The van der Waals surface area contributed by atoms with E-state index >= 15 is 0 Å². The van der Waals surface area contributed by atoms with Gasteiger partial charge in [0.2, 0.25) is 0 Å². The zero-order valence-corrected chi connectivity index (χ0v) is 21.4. The highest BCUT2D eigenvalue weighted by molar-refractivity contribution is 7.80. The smallest absolute Gasteiger partial charge is 0.309 e. The van der Waals surface area contributed by atoms with Gasteiger partial charge >= 0.3 is 11.9 Å². The lowest BCUT2D eigenvalue weighted by molar-refractivity contribution is -0.166. The molecule has 1 fully saturated rings. The number of rotatable bonds is 6. The molecule has 1 atom stereocenters. The fourth-order valence-corrected chi connectivity index (χ4v) is 4.88. The monoisotopic (exact) mass is 478 g/mol. The third kappa shape index (κ3) is 5.25. The van der Waals surface area contributed by atoms with Crippen molar-refractivity contribution < 1.29 is 19.1 Å². The molecular weight excluding hydrogens is 444 g/mol. The van der Waals surface area contributed by atoms with Crippen LogP contribution in [0.3, 0.4) is 0 Å². The van der Waals surface area contributed by atoms with E-state index in [1.54, 1.807) is 0 Å². The van der Waals surface area contributed by atoms with Gasteiger partial charge in [-0.05, 0) is 91.3 Å². The largest absolute Gasteiger partial charge is 0.462 e. The first-order valence-electron chi connectivity index (χ1n) is 12.3. The van der Waals surface area contributed by atoms with E-state index in [-0.39, 0.29) is 29.9 Å². The highest BCUT2D eigenvalue weighted by Gasteiger charge is 2.34. The first-order valence-corrected chi connectivity index (χ1v) is 12.7. The van der Waals surface area contributed by atoms with E-state index in [1.165, 1.54) is 5.39 Å². The number of fused-ring (bicyclic) bond motifs is 3. The Bertz CT molecular complexity index is 1210. The number of hydrogen-bond acceptors (Lipinski definition) is 5. The highest BCUT2D eigenvalue weighted by Crippen LogP contribution is 2.35. The number of esters is 2. The molecule has 0 N–H and O–H groups in total. The first kappa shape index (κ1) is 24.6. The van der Waals surface area contributed by atoms with Crippen molar-refractivity contribution in [1.29, 1.82) is 0 Å². The van der Waals surface area contributed by atoms with Gasteiger partial charge in [-0.2, -0.15) is 0 Å². The van der Waals surface area contributed by atoms with Crippen molar-refractivity contribution in [2.75, 3.05) is 0 Å². The summed E-state index contributed by atoms with van der Waals surface area (Å²) in [7, 11) is 0. The van der Waals surface area contributed by atoms with E-state index in [9.17, 15) is 9.59 Å². The number of thiol groups is 1. The normalized spacial score (nSPS) is 19.7. The first-order chi connectivity index (χ1) is 16.2. The minimum Gasteiger partial charge on any atom is -0.462 e. The van der Waals surface area contributed by atoms with Crippen LogP contribution in [0, 0.1) is 11.8 Å². The van der Waals surface area contributed by atoms with Crippen LogP contribution in [-0.2, 0) is 24.7 Å². The SMILES string of the molecule is CCC(C)C(=O)OC1CCC(C(=O)OC(C)(C)c2ccc3c(ccc4ccc(S)cc43)c2)CC1. The van der Waals surface area contributed by atoms with Gasteiger partial charge in [-0.3, -0.25) is 9.59 Å². The zero-order valence-electron chi connectivity index (χ0n) is 20.5. The van der Waals surface area contributed by atoms with Crippen molar-refractivity contribution >= 4 is 46.1 Å². The minimum atomic E-state index is -0.745. The minimum absolute atomic E-state index is 0.0802. The van der Waals surface area contributed by atoms with Gasteiger partial charge in [0, 0.05) is 4.90 Å². The van der Waals surface area contributed by atoms with Gasteiger partial charge in [0.05, 0.1) is 11.8 Å². The molecule has 4 nitrogen and oxygen atoms in total. The Morgan fingerprint density at radius 1 is 0.971 bits per heavy atom. The average molecular weight is 479 g/mol. The Morgan fingerprint density at radius 2 is 1.65 bits per heavy atom. The van der Waals surface area contributed by atoms with Crippen LogP contribution in [0.25, 0.3) is 21.5 Å². The molecule has 1 aliphatic carbocycles. The Kier molecular flexibility index (Phi) is 7.22. The van der Waals surface area contributed by atoms with Crippen LogP contribution in [0.5, 0.6) is 0 Å². The summed E-state index contributed by atoms with van der Waals surface area (Å²) in [5.74, 6) is -0.543. The fourth-order valence-electron chi connectivity index (χ4n) is 4.68. The average Bonchev–Trinajstić information content (AvgIpc) is 2.83. The van der Waals surface area contributed by atoms with Gasteiger partial charge in [0.1, 0.15) is 11.7 Å². The van der Waals surface area contributed by atoms with Gasteiger partial charge in [0.25, 0.3) is 0 Å². The van der Waals surface area contributed by atoms with E-state index in [2.05, 4.69) is 49.0 Å². The molecule has 0 aromatic heterocycles. The lowest BCUT2D eigenvalue weighted by Gasteiger charge is -2.32. The molecule has 1 saturated carbocycles. The van der Waals surface area contributed by atoms with Crippen LogP contribution in [-0.4, -0.2) is 18.0 Å². The molecule has 34 heavy (non-hydrogen) atoms. The Labute approximate surface area is 207 Å². The molecule has 0 saturated heterocycles. The van der Waals surface area contributed by atoms with Gasteiger partial charge in [-0.15, -0.1) is 12.6 Å². The Hall–Kier alpha value is -2.53. The number of carbonyl (C=O) groups excluding carboxylic acids is 2. The van der Waals surface area contributed by atoms with Crippen LogP contribution < -0.4 is 0 Å². The van der Waals surface area contributed by atoms with Crippen molar-refractivity contribution in [2.45, 2.75) is 76.4 Å². The summed E-state index contributed by atoms with van der Waals surface area (Å²) in [6, 6.07) is 16.6. The van der Waals surface area contributed by atoms with Crippen LogP contribution in [0.2, 0.25) is 0 Å². The molecule has 1 unspecified atom stereocenters. The predicted molar refractivity (Wildman–Crippen MR) is 139 cm³/mol.